The molecule has 0 N–H and O–H groups in total. The predicted octanol–water partition coefficient (Wildman–Crippen LogP) is 3.28. The van der Waals surface area contributed by atoms with Crippen LogP contribution in [0.15, 0.2) is 11.6 Å². The van der Waals surface area contributed by atoms with Gasteiger partial charge in [0.1, 0.15) is 5.78 Å². The molecule has 0 aliphatic heterocycles. The molecule has 2 aliphatic rings. The van der Waals surface area contributed by atoms with Gasteiger partial charge in [-0.15, -0.1) is 0 Å². The van der Waals surface area contributed by atoms with E-state index in [1.54, 1.807) is 13.0 Å². The van der Waals surface area contributed by atoms with Crippen LogP contribution in [0, 0.1) is 28.6 Å². The van der Waals surface area contributed by atoms with Crippen LogP contribution in [0.2, 0.25) is 0 Å². The lowest BCUT2D eigenvalue weighted by atomic mass is 9.47. The number of hydrogen-bond donors (Lipinski definition) is 0. The number of carbonyl (C=O) groups is 4. The van der Waals surface area contributed by atoms with Crippen molar-refractivity contribution in [3.05, 3.63) is 11.6 Å². The van der Waals surface area contributed by atoms with E-state index in [1.807, 2.05) is 20.8 Å². The molecule has 0 bridgehead atoms. The highest BCUT2D eigenvalue weighted by Gasteiger charge is 2.60. The number of fused-ring (bicyclic) bond motifs is 1. The van der Waals surface area contributed by atoms with Crippen molar-refractivity contribution in [3.63, 3.8) is 0 Å². The lowest BCUT2D eigenvalue weighted by Gasteiger charge is -2.55. The van der Waals surface area contributed by atoms with Gasteiger partial charge in [0, 0.05) is 18.3 Å². The Bertz CT molecular complexity index is 708. The van der Waals surface area contributed by atoms with Crippen LogP contribution >= 0.6 is 0 Å². The van der Waals surface area contributed by atoms with Gasteiger partial charge in [0.25, 0.3) is 0 Å². The van der Waals surface area contributed by atoms with E-state index in [-0.39, 0.29) is 36.3 Å². The van der Waals surface area contributed by atoms with E-state index >= 15 is 0 Å². The molecule has 0 radical (unpaired) electrons. The zero-order valence-corrected chi connectivity index (χ0v) is 17.8. The molecule has 0 spiro atoms. The fourth-order valence-corrected chi connectivity index (χ4v) is 5.49. The van der Waals surface area contributed by atoms with E-state index in [0.29, 0.717) is 6.42 Å². The normalized spacial score (nSPS) is 33.4. The summed E-state index contributed by atoms with van der Waals surface area (Å²) in [5, 5.41) is 0. The first-order valence-electron chi connectivity index (χ1n) is 9.91. The van der Waals surface area contributed by atoms with Gasteiger partial charge >= 0.3 is 11.9 Å². The van der Waals surface area contributed by atoms with E-state index in [4.69, 9.17) is 4.74 Å². The second-order valence-electron chi connectivity index (χ2n) is 8.90. The van der Waals surface area contributed by atoms with E-state index in [9.17, 15) is 19.2 Å². The summed E-state index contributed by atoms with van der Waals surface area (Å²) in [5.74, 6) is -1.97. The van der Waals surface area contributed by atoms with Gasteiger partial charge in [0.2, 0.25) is 0 Å². The van der Waals surface area contributed by atoms with Crippen LogP contribution < -0.4 is 0 Å². The van der Waals surface area contributed by atoms with Crippen molar-refractivity contribution in [3.8, 4) is 0 Å². The standard InChI is InChI=1S/C22H32O6/c1-13-10-17(24)19-21(3,8-7-9-22(19,4)20(26)28-6)15(13)12-16(23)14(2)11-18(25)27-5/h10,14-15,19H,7-9,11-12H2,1-6H3/t14-,15+,19-,21-,22-/m0/s1. The highest BCUT2D eigenvalue weighted by molar-refractivity contribution is 5.99. The number of esters is 2. The largest absolute Gasteiger partial charge is 0.469 e. The molecule has 2 aliphatic carbocycles. The topological polar surface area (TPSA) is 86.7 Å². The highest BCUT2D eigenvalue weighted by atomic mass is 16.5. The Morgan fingerprint density at radius 1 is 1.18 bits per heavy atom. The summed E-state index contributed by atoms with van der Waals surface area (Å²) in [6, 6.07) is 0. The first-order chi connectivity index (χ1) is 13.0. The molecule has 0 saturated heterocycles. The Balaban J connectivity index is 2.36. The fraction of sp³-hybridized carbons (Fsp3) is 0.727. The smallest absolute Gasteiger partial charge is 0.312 e. The first-order valence-corrected chi connectivity index (χ1v) is 9.91. The van der Waals surface area contributed by atoms with Crippen molar-refractivity contribution >= 4 is 23.5 Å². The second-order valence-corrected chi connectivity index (χ2v) is 8.90. The molecule has 6 heteroatoms. The number of rotatable bonds is 6. The van der Waals surface area contributed by atoms with Crippen molar-refractivity contribution in [2.24, 2.45) is 28.6 Å². The average molecular weight is 392 g/mol. The molecule has 0 amide bonds. The Morgan fingerprint density at radius 2 is 1.82 bits per heavy atom. The van der Waals surface area contributed by atoms with Crippen molar-refractivity contribution in [1.29, 1.82) is 0 Å². The third-order valence-corrected chi connectivity index (χ3v) is 7.02. The lowest BCUT2D eigenvalue weighted by molar-refractivity contribution is -0.170. The number of Topliss-reactive ketones (excluding diaryl/α,β-unsaturated/α-hetero) is 1. The van der Waals surface area contributed by atoms with E-state index in [2.05, 4.69) is 4.74 Å². The molecule has 0 aromatic carbocycles. The summed E-state index contributed by atoms with van der Waals surface area (Å²) in [6.45, 7) is 7.44. The van der Waals surface area contributed by atoms with Crippen LogP contribution in [0.25, 0.3) is 0 Å². The Hall–Kier alpha value is -1.98. The van der Waals surface area contributed by atoms with Gasteiger partial charge in [-0.1, -0.05) is 25.8 Å². The quantitative estimate of drug-likeness (QED) is 0.645. The molecule has 0 aromatic heterocycles. The SMILES string of the molecule is COC(=O)C[C@H](C)C(=O)C[C@@H]1C(C)=CC(=O)[C@H]2[C@@]1(C)CCC[C@]2(C)C(=O)OC. The molecule has 0 aromatic rings. The number of carbonyl (C=O) groups excluding carboxylic acids is 4. The van der Waals surface area contributed by atoms with E-state index in [0.717, 1.165) is 18.4 Å². The fourth-order valence-electron chi connectivity index (χ4n) is 5.49. The molecule has 1 saturated carbocycles. The Morgan fingerprint density at radius 3 is 2.39 bits per heavy atom. The van der Waals surface area contributed by atoms with Crippen LogP contribution in [0.1, 0.15) is 59.8 Å². The maximum Gasteiger partial charge on any atom is 0.312 e. The molecule has 156 valence electrons. The predicted molar refractivity (Wildman–Crippen MR) is 103 cm³/mol. The zero-order chi connectivity index (χ0) is 21.3. The average Bonchev–Trinajstić information content (AvgIpc) is 2.63. The number of hydrogen-bond acceptors (Lipinski definition) is 6. The molecule has 6 nitrogen and oxygen atoms in total. The van der Waals surface area contributed by atoms with Gasteiger partial charge in [-0.25, -0.2) is 0 Å². The molecule has 28 heavy (non-hydrogen) atoms. The van der Waals surface area contributed by atoms with Gasteiger partial charge in [-0.05, 0) is 44.1 Å². The molecule has 0 heterocycles. The number of allylic oxidation sites excluding steroid dienone is 2. The number of ether oxygens (including phenoxy) is 2. The third kappa shape index (κ3) is 3.78. The van der Waals surface area contributed by atoms with Crippen molar-refractivity contribution in [2.75, 3.05) is 14.2 Å². The molecule has 2 rings (SSSR count). The summed E-state index contributed by atoms with van der Waals surface area (Å²) in [4.78, 5) is 50.0. The van der Waals surface area contributed by atoms with Crippen LogP contribution in [-0.2, 0) is 28.7 Å². The van der Waals surface area contributed by atoms with Crippen LogP contribution in [0.5, 0.6) is 0 Å². The molecule has 5 atom stereocenters. The second kappa shape index (κ2) is 8.18. The van der Waals surface area contributed by atoms with E-state index in [1.165, 1.54) is 14.2 Å². The monoisotopic (exact) mass is 392 g/mol. The summed E-state index contributed by atoms with van der Waals surface area (Å²) < 4.78 is 9.71. The van der Waals surface area contributed by atoms with Gasteiger partial charge < -0.3 is 9.47 Å². The van der Waals surface area contributed by atoms with Gasteiger partial charge in [-0.3, -0.25) is 19.2 Å². The van der Waals surface area contributed by atoms with Crippen molar-refractivity contribution in [1.82, 2.24) is 0 Å². The summed E-state index contributed by atoms with van der Waals surface area (Å²) in [7, 11) is 2.66. The minimum absolute atomic E-state index is 0.0252. The lowest BCUT2D eigenvalue weighted by Crippen LogP contribution is -2.56. The van der Waals surface area contributed by atoms with Crippen molar-refractivity contribution in [2.45, 2.75) is 59.8 Å². The zero-order valence-electron chi connectivity index (χ0n) is 17.8. The Kier molecular flexibility index (Phi) is 6.51. The molecule has 1 fully saturated rings. The summed E-state index contributed by atoms with van der Waals surface area (Å²) >= 11 is 0. The Labute approximate surface area is 167 Å². The maximum absolute atomic E-state index is 13.0. The van der Waals surface area contributed by atoms with E-state index < -0.39 is 28.6 Å². The summed E-state index contributed by atoms with van der Waals surface area (Å²) in [5.41, 5.74) is -0.524. The van der Waals surface area contributed by atoms with Gasteiger partial charge in [0.15, 0.2) is 5.78 Å². The minimum atomic E-state index is -0.894. The summed E-state index contributed by atoms with van der Waals surface area (Å²) in [6.07, 6.45) is 4.05. The van der Waals surface area contributed by atoms with Gasteiger partial charge in [-0.2, -0.15) is 0 Å². The molecule has 0 unspecified atom stereocenters. The minimum Gasteiger partial charge on any atom is -0.469 e. The third-order valence-electron chi connectivity index (χ3n) is 7.02. The highest BCUT2D eigenvalue weighted by Crippen LogP contribution is 2.59. The molecular formula is C22H32O6. The first kappa shape index (κ1) is 22.3. The molecular weight excluding hydrogens is 360 g/mol. The number of ketones is 2. The van der Waals surface area contributed by atoms with Crippen LogP contribution in [0.3, 0.4) is 0 Å². The van der Waals surface area contributed by atoms with Crippen LogP contribution in [0.4, 0.5) is 0 Å². The van der Waals surface area contributed by atoms with Gasteiger partial charge in [0.05, 0.1) is 26.1 Å². The number of methoxy groups -OCH3 is 2. The van der Waals surface area contributed by atoms with Crippen molar-refractivity contribution < 1.29 is 28.7 Å². The van der Waals surface area contributed by atoms with Crippen LogP contribution in [-0.4, -0.2) is 37.7 Å². The maximum atomic E-state index is 13.0.